The Labute approximate surface area is 158 Å². The van der Waals surface area contributed by atoms with Crippen LogP contribution in [0.25, 0.3) is 0 Å². The number of halogens is 3. The van der Waals surface area contributed by atoms with Crippen LogP contribution in [0, 0.1) is 5.41 Å². The third-order valence-corrected chi connectivity index (χ3v) is 3.33. The molecule has 1 rings (SSSR count). The summed E-state index contributed by atoms with van der Waals surface area (Å²) in [5.41, 5.74) is 0. The zero-order chi connectivity index (χ0) is 19.4. The minimum atomic E-state index is -2.19. The summed E-state index contributed by atoms with van der Waals surface area (Å²) in [7, 11) is 0. The van der Waals surface area contributed by atoms with Gasteiger partial charge in [-0.05, 0) is 0 Å². The van der Waals surface area contributed by atoms with Crippen molar-refractivity contribution in [2.45, 2.75) is 49.2 Å². The maximum absolute atomic E-state index is 11.3. The number of alkyl halides is 3. The molecule has 1 heterocycles. The molecule has 0 aromatic heterocycles. The van der Waals surface area contributed by atoms with Gasteiger partial charge in [0.05, 0.1) is 0 Å². The smallest absolute Gasteiger partial charge is 0.303 e. The van der Waals surface area contributed by atoms with E-state index in [0.717, 1.165) is 13.8 Å². The van der Waals surface area contributed by atoms with Crippen LogP contribution in [0.15, 0.2) is 0 Å². The van der Waals surface area contributed by atoms with E-state index >= 15 is 0 Å². The highest BCUT2D eigenvalue weighted by Crippen LogP contribution is 2.33. The van der Waals surface area contributed by atoms with Gasteiger partial charge in [0.15, 0.2) is 6.10 Å². The zero-order valence-electron chi connectivity index (χ0n) is 13.4. The van der Waals surface area contributed by atoms with Crippen LogP contribution in [0.3, 0.4) is 0 Å². The highest BCUT2D eigenvalue weighted by atomic mass is 35.6. The lowest BCUT2D eigenvalue weighted by Crippen LogP contribution is -2.42. The Kier molecular flexibility index (Phi) is 7.73. The molecule has 1 unspecified atom stereocenters. The van der Waals surface area contributed by atoms with Gasteiger partial charge in [0, 0.05) is 20.8 Å². The highest BCUT2D eigenvalue weighted by Gasteiger charge is 2.52. The Bertz CT molecular complexity index is 550. The summed E-state index contributed by atoms with van der Waals surface area (Å²) in [6, 6.07) is 0. The second-order valence-corrected chi connectivity index (χ2v) is 7.22. The molecule has 0 aliphatic carbocycles. The van der Waals surface area contributed by atoms with E-state index in [4.69, 9.17) is 63.9 Å². The molecule has 0 spiro atoms. The molecule has 1 aliphatic heterocycles. The molecule has 9 nitrogen and oxygen atoms in total. The first kappa shape index (κ1) is 21.8. The lowest BCUT2D eigenvalue weighted by molar-refractivity contribution is -0.172. The van der Waals surface area contributed by atoms with Crippen LogP contribution in [0.4, 0.5) is 0 Å². The highest BCUT2D eigenvalue weighted by molar-refractivity contribution is 6.76. The zero-order valence-corrected chi connectivity index (χ0v) is 15.7. The molecule has 0 aromatic carbocycles. The van der Waals surface area contributed by atoms with Gasteiger partial charge in [-0.15, -0.1) is 0 Å². The molecular formula is C13H16Cl3NO8. The number of nitrogens with one attached hydrogen (secondary N) is 1. The predicted molar refractivity (Wildman–Crippen MR) is 85.5 cm³/mol. The van der Waals surface area contributed by atoms with Gasteiger partial charge in [-0.3, -0.25) is 19.8 Å². The molecule has 4 atom stereocenters. The SMILES string of the molecule is CC(=O)OC[C@H]1OC(OC(=N)C(Cl)(Cl)Cl)[C@@H](OC(C)=O)[C@@H]1OC(C)=O. The fourth-order valence-corrected chi connectivity index (χ4v) is 2.09. The Morgan fingerprint density at radius 1 is 0.960 bits per heavy atom. The van der Waals surface area contributed by atoms with E-state index in [0.29, 0.717) is 0 Å². The van der Waals surface area contributed by atoms with Gasteiger partial charge in [-0.2, -0.15) is 0 Å². The number of esters is 3. The van der Waals surface area contributed by atoms with Gasteiger partial charge in [0.2, 0.25) is 18.3 Å². The Balaban J connectivity index is 3.03. The van der Waals surface area contributed by atoms with Crippen molar-refractivity contribution in [1.82, 2.24) is 0 Å². The second-order valence-electron chi connectivity index (χ2n) is 4.94. The number of hydrogen-bond acceptors (Lipinski definition) is 9. The minimum Gasteiger partial charge on any atom is -0.463 e. The topological polar surface area (TPSA) is 121 Å². The molecule has 0 radical (unpaired) electrons. The standard InChI is InChI=1S/C13H16Cl3NO8/c1-5(18)21-4-8-9(22-6(2)19)10(23-7(3)20)11(24-8)25-12(17)13(14,15)16/h8-11,17H,4H2,1-3H3/t8-,9-,10+,11?/m1/s1. The first-order chi connectivity index (χ1) is 11.4. The van der Waals surface area contributed by atoms with Crippen molar-refractivity contribution < 1.29 is 38.1 Å². The minimum absolute atomic E-state index is 0.313. The molecule has 1 fully saturated rings. The van der Waals surface area contributed by atoms with Crippen molar-refractivity contribution in [2.24, 2.45) is 0 Å². The normalized spacial score (nSPS) is 25.8. The van der Waals surface area contributed by atoms with Gasteiger partial charge >= 0.3 is 17.9 Å². The summed E-state index contributed by atoms with van der Waals surface area (Å²) < 4.78 is 23.3. The van der Waals surface area contributed by atoms with Crippen LogP contribution >= 0.6 is 34.8 Å². The summed E-state index contributed by atoms with van der Waals surface area (Å²) >= 11 is 16.6. The van der Waals surface area contributed by atoms with E-state index in [1.165, 1.54) is 6.92 Å². The summed E-state index contributed by atoms with van der Waals surface area (Å²) in [5.74, 6) is -2.83. The number of rotatable bonds is 5. The van der Waals surface area contributed by atoms with Gasteiger partial charge in [-0.25, -0.2) is 0 Å². The van der Waals surface area contributed by atoms with E-state index < -0.39 is 52.2 Å². The molecule has 1 N–H and O–H groups in total. The maximum Gasteiger partial charge on any atom is 0.303 e. The molecule has 1 aliphatic rings. The predicted octanol–water partition coefficient (Wildman–Crippen LogP) is 1.50. The van der Waals surface area contributed by atoms with Crippen LogP contribution in [0.5, 0.6) is 0 Å². The lowest BCUT2D eigenvalue weighted by atomic mass is 10.1. The van der Waals surface area contributed by atoms with Crippen molar-refractivity contribution in [3.05, 3.63) is 0 Å². The molecule has 142 valence electrons. The quantitative estimate of drug-likeness (QED) is 0.233. The van der Waals surface area contributed by atoms with Crippen molar-refractivity contribution in [3.63, 3.8) is 0 Å². The number of ether oxygens (including phenoxy) is 5. The van der Waals surface area contributed by atoms with Crippen LogP contribution in [-0.2, 0) is 38.1 Å². The van der Waals surface area contributed by atoms with Gasteiger partial charge in [-0.1, -0.05) is 34.8 Å². The number of hydrogen-bond donors (Lipinski definition) is 1. The van der Waals surface area contributed by atoms with E-state index in [-0.39, 0.29) is 6.61 Å². The van der Waals surface area contributed by atoms with E-state index in [1.54, 1.807) is 0 Å². The first-order valence-electron chi connectivity index (χ1n) is 6.87. The molecule has 0 amide bonds. The van der Waals surface area contributed by atoms with Crippen molar-refractivity contribution in [3.8, 4) is 0 Å². The molecule has 0 bridgehead atoms. The average molecular weight is 421 g/mol. The van der Waals surface area contributed by atoms with Crippen molar-refractivity contribution >= 4 is 58.6 Å². The van der Waals surface area contributed by atoms with Gasteiger partial charge in [0.25, 0.3) is 3.79 Å². The largest absolute Gasteiger partial charge is 0.463 e. The van der Waals surface area contributed by atoms with Crippen molar-refractivity contribution in [2.75, 3.05) is 6.61 Å². The maximum atomic E-state index is 11.3. The second kappa shape index (κ2) is 8.88. The Morgan fingerprint density at radius 2 is 1.48 bits per heavy atom. The Hall–Kier alpha value is -1.29. The molecule has 25 heavy (non-hydrogen) atoms. The Morgan fingerprint density at radius 3 is 1.92 bits per heavy atom. The third kappa shape index (κ3) is 6.85. The van der Waals surface area contributed by atoms with Crippen molar-refractivity contribution in [1.29, 1.82) is 5.41 Å². The monoisotopic (exact) mass is 419 g/mol. The summed E-state index contributed by atoms with van der Waals surface area (Å²) in [4.78, 5) is 33.7. The fraction of sp³-hybridized carbons (Fsp3) is 0.692. The first-order valence-corrected chi connectivity index (χ1v) is 8.01. The number of carbonyl (C=O) groups is 3. The summed E-state index contributed by atoms with van der Waals surface area (Å²) in [5, 5.41) is 7.59. The summed E-state index contributed by atoms with van der Waals surface area (Å²) in [6.07, 6.45) is -4.87. The van der Waals surface area contributed by atoms with Gasteiger partial charge in [0.1, 0.15) is 12.7 Å². The molecule has 0 aromatic rings. The molecular weight excluding hydrogens is 405 g/mol. The van der Waals surface area contributed by atoms with Crippen LogP contribution in [-0.4, -0.2) is 58.8 Å². The number of carbonyl (C=O) groups excluding carboxylic acids is 3. The molecule has 12 heteroatoms. The average Bonchev–Trinajstić information content (AvgIpc) is 2.72. The van der Waals surface area contributed by atoms with E-state index in [1.807, 2.05) is 0 Å². The fourth-order valence-electron chi connectivity index (χ4n) is 1.95. The summed E-state index contributed by atoms with van der Waals surface area (Å²) in [6.45, 7) is 3.10. The molecule has 1 saturated heterocycles. The van der Waals surface area contributed by atoms with E-state index in [2.05, 4.69) is 0 Å². The third-order valence-electron chi connectivity index (χ3n) is 2.81. The van der Waals surface area contributed by atoms with Crippen LogP contribution in [0.2, 0.25) is 0 Å². The van der Waals surface area contributed by atoms with Crippen LogP contribution < -0.4 is 0 Å². The van der Waals surface area contributed by atoms with Gasteiger partial charge < -0.3 is 23.7 Å². The molecule has 0 saturated carbocycles. The van der Waals surface area contributed by atoms with E-state index in [9.17, 15) is 14.4 Å². The van der Waals surface area contributed by atoms with Crippen LogP contribution in [0.1, 0.15) is 20.8 Å². The lowest BCUT2D eigenvalue weighted by Gasteiger charge is -2.24.